The first-order chi connectivity index (χ1) is 13.8. The molecule has 2 aromatic carbocycles. The SMILES string of the molecule is O=C(CS(=O)(=O)c1ccccc1)N1CCN(c2nc3c(F)cc(F)cc3s2)CC1. The number of hydrogen-bond donors (Lipinski definition) is 0. The molecule has 4 rings (SSSR count). The largest absolute Gasteiger partial charge is 0.345 e. The molecule has 0 unspecified atom stereocenters. The molecule has 1 aliphatic heterocycles. The molecule has 152 valence electrons. The van der Waals surface area contributed by atoms with Crippen LogP contribution in [0.4, 0.5) is 13.9 Å². The molecule has 0 radical (unpaired) electrons. The molecule has 0 bridgehead atoms. The van der Waals surface area contributed by atoms with Gasteiger partial charge in [0.05, 0.1) is 9.60 Å². The maximum absolute atomic E-state index is 13.9. The summed E-state index contributed by atoms with van der Waals surface area (Å²) in [5, 5.41) is 0.550. The molecule has 1 saturated heterocycles. The van der Waals surface area contributed by atoms with E-state index in [4.69, 9.17) is 0 Å². The van der Waals surface area contributed by atoms with Crippen molar-refractivity contribution in [1.29, 1.82) is 0 Å². The van der Waals surface area contributed by atoms with Gasteiger partial charge in [0.25, 0.3) is 0 Å². The zero-order valence-corrected chi connectivity index (χ0v) is 16.8. The summed E-state index contributed by atoms with van der Waals surface area (Å²) in [5.41, 5.74) is 0.124. The fraction of sp³-hybridized carbons (Fsp3) is 0.263. The molecule has 1 aliphatic rings. The molecule has 0 spiro atoms. The molecular weight excluding hydrogens is 420 g/mol. The van der Waals surface area contributed by atoms with E-state index in [1.807, 2.05) is 4.90 Å². The Morgan fingerprint density at radius 1 is 1.07 bits per heavy atom. The monoisotopic (exact) mass is 437 g/mol. The second-order valence-electron chi connectivity index (χ2n) is 6.67. The standard InChI is InChI=1S/C19H17F2N3O3S2/c20-13-10-15(21)18-16(11-13)28-19(22-18)24-8-6-23(7-9-24)17(25)12-29(26,27)14-4-2-1-3-5-14/h1-5,10-11H,6-9,12H2. The summed E-state index contributed by atoms with van der Waals surface area (Å²) in [6, 6.07) is 9.92. The maximum Gasteiger partial charge on any atom is 0.238 e. The van der Waals surface area contributed by atoms with Crippen molar-refractivity contribution in [3.8, 4) is 0 Å². The number of benzene rings is 2. The molecule has 1 aromatic heterocycles. The fourth-order valence-electron chi connectivity index (χ4n) is 3.19. The van der Waals surface area contributed by atoms with Crippen LogP contribution in [-0.4, -0.2) is 56.1 Å². The van der Waals surface area contributed by atoms with E-state index >= 15 is 0 Å². The minimum Gasteiger partial charge on any atom is -0.345 e. The number of aromatic nitrogens is 1. The summed E-state index contributed by atoms with van der Waals surface area (Å²) in [6.07, 6.45) is 0. The van der Waals surface area contributed by atoms with Gasteiger partial charge in [-0.3, -0.25) is 4.79 Å². The second kappa shape index (κ2) is 7.68. The Labute approximate surface area is 170 Å². The van der Waals surface area contributed by atoms with Gasteiger partial charge in [0.2, 0.25) is 5.91 Å². The van der Waals surface area contributed by atoms with Crippen molar-refractivity contribution in [3.63, 3.8) is 0 Å². The van der Waals surface area contributed by atoms with Crippen LogP contribution in [0, 0.1) is 11.6 Å². The second-order valence-corrected chi connectivity index (χ2v) is 9.67. The number of anilines is 1. The molecule has 1 fully saturated rings. The average molecular weight is 437 g/mol. The molecule has 3 aromatic rings. The van der Waals surface area contributed by atoms with Crippen LogP contribution in [-0.2, 0) is 14.6 Å². The molecule has 6 nitrogen and oxygen atoms in total. The molecule has 0 saturated carbocycles. The zero-order chi connectivity index (χ0) is 20.6. The zero-order valence-electron chi connectivity index (χ0n) is 15.2. The Bertz CT molecular complexity index is 1160. The number of thiazole rings is 1. The third-order valence-corrected chi connectivity index (χ3v) is 7.40. The lowest BCUT2D eigenvalue weighted by Gasteiger charge is -2.34. The minimum atomic E-state index is -3.69. The molecule has 0 aliphatic carbocycles. The third-order valence-electron chi connectivity index (χ3n) is 4.72. The van der Waals surface area contributed by atoms with E-state index in [1.165, 1.54) is 34.4 Å². The molecule has 29 heavy (non-hydrogen) atoms. The summed E-state index contributed by atoms with van der Waals surface area (Å²) in [5.74, 6) is -2.39. The van der Waals surface area contributed by atoms with E-state index in [1.54, 1.807) is 18.2 Å². The molecular formula is C19H17F2N3O3S2. The lowest BCUT2D eigenvalue weighted by atomic mass is 10.3. The maximum atomic E-state index is 13.9. The number of rotatable bonds is 4. The van der Waals surface area contributed by atoms with Gasteiger partial charge in [0.15, 0.2) is 20.8 Å². The quantitative estimate of drug-likeness (QED) is 0.628. The fourth-order valence-corrected chi connectivity index (χ4v) is 5.50. The predicted octanol–water partition coefficient (Wildman–Crippen LogP) is 2.70. The third kappa shape index (κ3) is 4.08. The predicted molar refractivity (Wildman–Crippen MR) is 107 cm³/mol. The normalized spacial score (nSPS) is 15.1. The van der Waals surface area contributed by atoms with Crippen LogP contribution in [0.25, 0.3) is 10.2 Å². The van der Waals surface area contributed by atoms with Gasteiger partial charge in [-0.05, 0) is 18.2 Å². The topological polar surface area (TPSA) is 70.6 Å². The van der Waals surface area contributed by atoms with E-state index < -0.39 is 33.1 Å². The molecule has 1 amide bonds. The van der Waals surface area contributed by atoms with Crippen molar-refractivity contribution < 1.29 is 22.0 Å². The van der Waals surface area contributed by atoms with Gasteiger partial charge in [0, 0.05) is 32.2 Å². The first-order valence-electron chi connectivity index (χ1n) is 8.89. The summed E-state index contributed by atoms with van der Waals surface area (Å²) in [6.45, 7) is 1.52. The average Bonchev–Trinajstić information content (AvgIpc) is 3.13. The van der Waals surface area contributed by atoms with E-state index in [0.29, 0.717) is 36.0 Å². The Morgan fingerprint density at radius 2 is 1.76 bits per heavy atom. The number of amides is 1. The van der Waals surface area contributed by atoms with Gasteiger partial charge in [-0.25, -0.2) is 22.2 Å². The number of halogens is 2. The van der Waals surface area contributed by atoms with Crippen LogP contribution in [0.1, 0.15) is 0 Å². The summed E-state index contributed by atoms with van der Waals surface area (Å²) in [7, 11) is -3.69. The number of piperazine rings is 1. The number of carbonyl (C=O) groups excluding carboxylic acids is 1. The number of sulfone groups is 1. The van der Waals surface area contributed by atoms with Gasteiger partial charge >= 0.3 is 0 Å². The molecule has 0 N–H and O–H groups in total. The van der Waals surface area contributed by atoms with Crippen LogP contribution < -0.4 is 4.90 Å². The highest BCUT2D eigenvalue weighted by atomic mass is 32.2. The smallest absolute Gasteiger partial charge is 0.238 e. The van der Waals surface area contributed by atoms with Crippen LogP contribution in [0.3, 0.4) is 0 Å². The van der Waals surface area contributed by atoms with Gasteiger partial charge in [-0.1, -0.05) is 29.5 Å². The van der Waals surface area contributed by atoms with Gasteiger partial charge in [-0.15, -0.1) is 0 Å². The van der Waals surface area contributed by atoms with Crippen molar-refractivity contribution in [2.24, 2.45) is 0 Å². The summed E-state index contributed by atoms with van der Waals surface area (Å²) < 4.78 is 52.5. The molecule has 0 atom stereocenters. The Morgan fingerprint density at radius 3 is 2.45 bits per heavy atom. The van der Waals surface area contributed by atoms with Crippen LogP contribution in [0.2, 0.25) is 0 Å². The van der Waals surface area contributed by atoms with E-state index in [0.717, 1.165) is 6.07 Å². The van der Waals surface area contributed by atoms with Crippen molar-refractivity contribution in [1.82, 2.24) is 9.88 Å². The van der Waals surface area contributed by atoms with Crippen molar-refractivity contribution in [2.75, 3.05) is 36.8 Å². The Balaban J connectivity index is 1.42. The van der Waals surface area contributed by atoms with Gasteiger partial charge in [0.1, 0.15) is 17.1 Å². The Hall–Kier alpha value is -2.59. The highest BCUT2D eigenvalue weighted by Gasteiger charge is 2.27. The van der Waals surface area contributed by atoms with Gasteiger partial charge < -0.3 is 9.80 Å². The Kier molecular flexibility index (Phi) is 5.22. The summed E-state index contributed by atoms with van der Waals surface area (Å²) in [4.78, 5) is 20.2. The first-order valence-corrected chi connectivity index (χ1v) is 11.4. The highest BCUT2D eigenvalue weighted by molar-refractivity contribution is 7.92. The number of carbonyl (C=O) groups is 1. The van der Waals surface area contributed by atoms with Crippen molar-refractivity contribution in [3.05, 3.63) is 54.1 Å². The van der Waals surface area contributed by atoms with Crippen molar-refractivity contribution in [2.45, 2.75) is 4.90 Å². The van der Waals surface area contributed by atoms with E-state index in [9.17, 15) is 22.0 Å². The lowest BCUT2D eigenvalue weighted by molar-refractivity contribution is -0.128. The van der Waals surface area contributed by atoms with Crippen molar-refractivity contribution >= 4 is 42.4 Å². The van der Waals surface area contributed by atoms with Crippen LogP contribution in [0.15, 0.2) is 47.4 Å². The first kappa shape index (κ1) is 19.7. The number of nitrogens with zero attached hydrogens (tertiary/aromatic N) is 3. The minimum absolute atomic E-state index is 0.121. The molecule has 10 heteroatoms. The highest BCUT2D eigenvalue weighted by Crippen LogP contribution is 2.31. The van der Waals surface area contributed by atoms with E-state index in [-0.39, 0.29) is 10.4 Å². The number of hydrogen-bond acceptors (Lipinski definition) is 6. The molecule has 2 heterocycles. The lowest BCUT2D eigenvalue weighted by Crippen LogP contribution is -2.50. The van der Waals surface area contributed by atoms with Crippen LogP contribution in [0.5, 0.6) is 0 Å². The van der Waals surface area contributed by atoms with Gasteiger partial charge in [-0.2, -0.15) is 0 Å². The van der Waals surface area contributed by atoms with E-state index in [2.05, 4.69) is 4.98 Å². The summed E-state index contributed by atoms with van der Waals surface area (Å²) >= 11 is 1.18. The van der Waals surface area contributed by atoms with Crippen LogP contribution >= 0.6 is 11.3 Å². The number of fused-ring (bicyclic) bond motifs is 1.